The fourth-order valence-electron chi connectivity index (χ4n) is 2.73. The van der Waals surface area contributed by atoms with Gasteiger partial charge in [-0.1, -0.05) is 30.7 Å². The number of aliphatic imine (C=N–C) groups is 1. The van der Waals surface area contributed by atoms with E-state index in [1.165, 1.54) is 0 Å². The number of sulfone groups is 1. The van der Waals surface area contributed by atoms with Crippen molar-refractivity contribution in [3.05, 3.63) is 34.9 Å². The van der Waals surface area contributed by atoms with Crippen LogP contribution in [0.25, 0.3) is 0 Å². The quantitative estimate of drug-likeness (QED) is 0.538. The van der Waals surface area contributed by atoms with Crippen molar-refractivity contribution in [1.29, 1.82) is 0 Å². The lowest BCUT2D eigenvalue weighted by Crippen LogP contribution is -2.55. The van der Waals surface area contributed by atoms with E-state index in [0.29, 0.717) is 37.2 Å². The molecule has 1 N–H and O–H groups in total. The minimum absolute atomic E-state index is 0.0167. The molecule has 0 spiro atoms. The van der Waals surface area contributed by atoms with Gasteiger partial charge in [0.1, 0.15) is 0 Å². The molecule has 0 aromatic heterocycles. The van der Waals surface area contributed by atoms with E-state index in [-0.39, 0.29) is 30.5 Å². The lowest BCUT2D eigenvalue weighted by atomic mass is 10.2. The SMILES string of the molecule is CCNC(=NCCS(=O)(=O)CC)N1CCN(Cc2ccc(Cl)cc2)C(=O)C1. The highest BCUT2D eigenvalue weighted by atomic mass is 35.5. The zero-order chi connectivity index (χ0) is 19.9. The third-order valence-electron chi connectivity index (χ3n) is 4.34. The topological polar surface area (TPSA) is 82.1 Å². The molecule has 0 radical (unpaired) electrons. The molecule has 0 unspecified atom stereocenters. The summed E-state index contributed by atoms with van der Waals surface area (Å²) in [7, 11) is -3.06. The molecule has 0 saturated carbocycles. The number of carbonyl (C=O) groups is 1. The molecule has 1 aliphatic heterocycles. The van der Waals surface area contributed by atoms with Crippen LogP contribution in [0.1, 0.15) is 19.4 Å². The first-order valence-corrected chi connectivity index (χ1v) is 11.3. The van der Waals surface area contributed by atoms with Gasteiger partial charge < -0.3 is 15.1 Å². The number of benzene rings is 1. The summed E-state index contributed by atoms with van der Waals surface area (Å²) in [5.74, 6) is 0.732. The van der Waals surface area contributed by atoms with Crippen molar-refractivity contribution < 1.29 is 13.2 Å². The number of hydrogen-bond donors (Lipinski definition) is 1. The van der Waals surface area contributed by atoms with Crippen LogP contribution in [-0.2, 0) is 21.2 Å². The second-order valence-electron chi connectivity index (χ2n) is 6.34. The monoisotopic (exact) mass is 414 g/mol. The van der Waals surface area contributed by atoms with Crippen LogP contribution in [0.5, 0.6) is 0 Å². The summed E-state index contributed by atoms with van der Waals surface area (Å²) in [4.78, 5) is 20.6. The van der Waals surface area contributed by atoms with Crippen molar-refractivity contribution in [3.63, 3.8) is 0 Å². The first-order valence-electron chi connectivity index (χ1n) is 9.10. The third kappa shape index (κ3) is 6.70. The summed E-state index contributed by atoms with van der Waals surface area (Å²) >= 11 is 5.90. The van der Waals surface area contributed by atoms with E-state index in [9.17, 15) is 13.2 Å². The van der Waals surface area contributed by atoms with Gasteiger partial charge in [-0.3, -0.25) is 9.79 Å². The van der Waals surface area contributed by atoms with Crippen molar-refractivity contribution in [2.45, 2.75) is 20.4 Å². The first-order chi connectivity index (χ1) is 12.8. The maximum absolute atomic E-state index is 12.5. The Morgan fingerprint density at radius 1 is 1.22 bits per heavy atom. The Kier molecular flexibility index (Phi) is 7.91. The molecule has 27 heavy (non-hydrogen) atoms. The summed E-state index contributed by atoms with van der Waals surface area (Å²) in [5, 5.41) is 3.82. The van der Waals surface area contributed by atoms with Gasteiger partial charge in [-0.25, -0.2) is 8.42 Å². The number of amides is 1. The van der Waals surface area contributed by atoms with Gasteiger partial charge in [0.2, 0.25) is 5.91 Å². The molecule has 0 bridgehead atoms. The number of hydrogen-bond acceptors (Lipinski definition) is 4. The summed E-state index contributed by atoms with van der Waals surface area (Å²) in [6, 6.07) is 7.47. The molecule has 1 amide bonds. The van der Waals surface area contributed by atoms with Crippen LogP contribution < -0.4 is 5.32 Å². The van der Waals surface area contributed by atoms with Crippen molar-refractivity contribution in [2.75, 3.05) is 44.2 Å². The predicted octanol–water partition coefficient (Wildman–Crippen LogP) is 1.38. The van der Waals surface area contributed by atoms with Gasteiger partial charge in [0.25, 0.3) is 0 Å². The molecule has 1 saturated heterocycles. The van der Waals surface area contributed by atoms with Crippen molar-refractivity contribution in [1.82, 2.24) is 15.1 Å². The van der Waals surface area contributed by atoms with Gasteiger partial charge in [0.15, 0.2) is 15.8 Å². The first kappa shape index (κ1) is 21.5. The Hall–Kier alpha value is -1.80. The molecule has 0 atom stereocenters. The van der Waals surface area contributed by atoms with Crippen LogP contribution >= 0.6 is 11.6 Å². The number of nitrogens with zero attached hydrogens (tertiary/aromatic N) is 3. The fraction of sp³-hybridized carbons (Fsp3) is 0.556. The predicted molar refractivity (Wildman–Crippen MR) is 109 cm³/mol. The molecular weight excluding hydrogens is 388 g/mol. The van der Waals surface area contributed by atoms with Crippen LogP contribution in [0, 0.1) is 0 Å². The van der Waals surface area contributed by atoms with Crippen LogP contribution in [0.3, 0.4) is 0 Å². The zero-order valence-corrected chi connectivity index (χ0v) is 17.4. The largest absolute Gasteiger partial charge is 0.357 e. The van der Waals surface area contributed by atoms with E-state index >= 15 is 0 Å². The molecule has 9 heteroatoms. The molecule has 0 aliphatic carbocycles. The van der Waals surface area contributed by atoms with E-state index in [4.69, 9.17) is 11.6 Å². The number of nitrogens with one attached hydrogen (secondary N) is 1. The van der Waals surface area contributed by atoms with E-state index in [1.54, 1.807) is 6.92 Å². The van der Waals surface area contributed by atoms with E-state index in [0.717, 1.165) is 5.56 Å². The van der Waals surface area contributed by atoms with Gasteiger partial charge in [0, 0.05) is 37.0 Å². The standard InChI is InChI=1S/C18H27ClN4O3S/c1-3-20-18(21-9-12-27(25,26)4-2)23-11-10-22(17(24)14-23)13-15-5-7-16(19)8-6-15/h5-8H,3-4,9-14H2,1-2H3,(H,20,21). The Balaban J connectivity index is 1.96. The average Bonchev–Trinajstić information content (AvgIpc) is 2.64. The summed E-state index contributed by atoms with van der Waals surface area (Å²) in [5.41, 5.74) is 1.03. The normalized spacial score (nSPS) is 16.0. The van der Waals surface area contributed by atoms with Crippen molar-refractivity contribution in [2.24, 2.45) is 4.99 Å². The third-order valence-corrected chi connectivity index (χ3v) is 6.28. The van der Waals surface area contributed by atoms with Crippen molar-refractivity contribution in [3.8, 4) is 0 Å². The van der Waals surface area contributed by atoms with Crippen LogP contribution in [0.4, 0.5) is 0 Å². The Bertz CT molecular complexity index is 765. The minimum atomic E-state index is -3.06. The number of rotatable bonds is 7. The number of carbonyl (C=O) groups excluding carboxylic acids is 1. The summed E-state index contributed by atoms with van der Waals surface area (Å²) < 4.78 is 23.3. The number of guanidine groups is 1. The fourth-order valence-corrected chi connectivity index (χ4v) is 3.51. The van der Waals surface area contributed by atoms with E-state index < -0.39 is 9.84 Å². The minimum Gasteiger partial charge on any atom is -0.357 e. The van der Waals surface area contributed by atoms with Crippen LogP contribution in [0.2, 0.25) is 5.02 Å². The molecule has 7 nitrogen and oxygen atoms in total. The average molecular weight is 415 g/mol. The van der Waals surface area contributed by atoms with Gasteiger partial charge in [-0.15, -0.1) is 0 Å². The number of halogens is 1. The summed E-state index contributed by atoms with van der Waals surface area (Å²) in [6.07, 6.45) is 0. The van der Waals surface area contributed by atoms with E-state index in [2.05, 4.69) is 10.3 Å². The van der Waals surface area contributed by atoms with E-state index in [1.807, 2.05) is 41.0 Å². The van der Waals surface area contributed by atoms with Crippen LogP contribution in [0.15, 0.2) is 29.3 Å². The second-order valence-corrected chi connectivity index (χ2v) is 9.24. The lowest BCUT2D eigenvalue weighted by molar-refractivity contribution is -0.135. The van der Waals surface area contributed by atoms with Crippen molar-refractivity contribution >= 4 is 33.3 Å². The lowest BCUT2D eigenvalue weighted by Gasteiger charge is -2.36. The summed E-state index contributed by atoms with van der Waals surface area (Å²) in [6.45, 7) is 6.41. The van der Waals surface area contributed by atoms with Gasteiger partial charge in [-0.2, -0.15) is 0 Å². The van der Waals surface area contributed by atoms with Gasteiger partial charge >= 0.3 is 0 Å². The Morgan fingerprint density at radius 2 is 1.93 bits per heavy atom. The highest BCUT2D eigenvalue weighted by Gasteiger charge is 2.26. The maximum atomic E-state index is 12.5. The molecular formula is C18H27ClN4O3S. The van der Waals surface area contributed by atoms with Gasteiger partial charge in [-0.05, 0) is 24.6 Å². The highest BCUT2D eigenvalue weighted by molar-refractivity contribution is 7.91. The molecule has 1 aliphatic rings. The maximum Gasteiger partial charge on any atom is 0.242 e. The van der Waals surface area contributed by atoms with Crippen LogP contribution in [-0.4, -0.2) is 74.3 Å². The zero-order valence-electron chi connectivity index (χ0n) is 15.8. The Morgan fingerprint density at radius 3 is 2.52 bits per heavy atom. The Labute approximate surface area is 166 Å². The number of piperazine rings is 1. The molecule has 2 rings (SSSR count). The van der Waals surface area contributed by atoms with Gasteiger partial charge in [0.05, 0.1) is 18.8 Å². The molecule has 1 fully saturated rings. The highest BCUT2D eigenvalue weighted by Crippen LogP contribution is 2.13. The molecule has 1 heterocycles. The molecule has 1 aromatic carbocycles. The second kappa shape index (κ2) is 9.94. The molecule has 1 aromatic rings. The molecule has 150 valence electrons. The smallest absolute Gasteiger partial charge is 0.242 e.